The number of halogens is 3. The molecular weight excluding hydrogens is 441 g/mol. The van der Waals surface area contributed by atoms with Gasteiger partial charge < -0.3 is 26.8 Å². The van der Waals surface area contributed by atoms with E-state index in [0.29, 0.717) is 45.7 Å². The molecule has 0 unspecified atom stereocenters. The molecule has 0 fully saturated rings. The summed E-state index contributed by atoms with van der Waals surface area (Å²) in [4.78, 5) is 12.6. The number of benzene rings is 1. The predicted molar refractivity (Wildman–Crippen MR) is 95.7 cm³/mol. The lowest BCUT2D eigenvalue weighted by atomic mass is 10.1. The topological polar surface area (TPSA) is 59.0 Å². The number of amides is 1. The monoisotopic (exact) mass is 455 g/mol. The highest BCUT2D eigenvalue weighted by Gasteiger charge is 2.24. The van der Waals surface area contributed by atoms with Gasteiger partial charge in [0.05, 0.1) is 16.6 Å². The fourth-order valence-corrected chi connectivity index (χ4v) is 3.08. The molecule has 0 saturated heterocycles. The van der Waals surface area contributed by atoms with E-state index in [1.807, 2.05) is 35.2 Å². The van der Waals surface area contributed by atoms with E-state index in [0.717, 1.165) is 0 Å². The summed E-state index contributed by atoms with van der Waals surface area (Å²) in [5.74, 6) is 0.136. The third-order valence-corrected chi connectivity index (χ3v) is 4.35. The van der Waals surface area contributed by atoms with Crippen LogP contribution >= 0.6 is 23.2 Å². The quantitative estimate of drug-likeness (QED) is 0.574. The average Bonchev–Trinajstić information content (AvgIpc) is 2.97. The highest BCUT2D eigenvalue weighted by atomic mass is 79.9. The van der Waals surface area contributed by atoms with Crippen molar-refractivity contribution in [2.24, 2.45) is 0 Å². The zero-order valence-electron chi connectivity index (χ0n) is 13.9. The van der Waals surface area contributed by atoms with E-state index in [1.54, 1.807) is 25.1 Å². The van der Waals surface area contributed by atoms with Gasteiger partial charge in [0.15, 0.2) is 18.9 Å². The number of pyridine rings is 1. The number of hydrogen-bond donors (Lipinski definition) is 1. The number of aryl methyl sites for hydroxylation is 1. The fourth-order valence-electron chi connectivity index (χ4n) is 2.50. The summed E-state index contributed by atoms with van der Waals surface area (Å²) in [6, 6.07) is 10.9. The van der Waals surface area contributed by atoms with Crippen molar-refractivity contribution in [2.45, 2.75) is 13.5 Å². The number of carbonyl (C=O) groups is 1. The molecule has 0 saturated carbocycles. The van der Waals surface area contributed by atoms with Gasteiger partial charge >= 0.3 is 0 Å². The molecule has 5 nitrogen and oxygen atoms in total. The van der Waals surface area contributed by atoms with Gasteiger partial charge in [-0.1, -0.05) is 40.5 Å². The van der Waals surface area contributed by atoms with Crippen LogP contribution in [0, 0.1) is 6.92 Å². The maximum absolute atomic E-state index is 12.6. The fraction of sp³-hybridized carbons (Fsp3) is 0.167. The van der Waals surface area contributed by atoms with Crippen LogP contribution in [0.2, 0.25) is 10.0 Å². The Bertz CT molecular complexity index is 880. The van der Waals surface area contributed by atoms with Gasteiger partial charge in [0.2, 0.25) is 0 Å². The molecule has 0 aliphatic heterocycles. The van der Waals surface area contributed by atoms with E-state index in [1.165, 1.54) is 0 Å². The number of nitrogens with zero attached hydrogens (tertiary/aromatic N) is 2. The van der Waals surface area contributed by atoms with Crippen LogP contribution in [0.25, 0.3) is 11.3 Å². The first-order valence-corrected chi connectivity index (χ1v) is 8.46. The summed E-state index contributed by atoms with van der Waals surface area (Å²) in [5.41, 5.74) is 1.18. The molecule has 2 aromatic heterocycles. The highest BCUT2D eigenvalue weighted by molar-refractivity contribution is 6.39. The largest absolute Gasteiger partial charge is 1.00 e. The van der Waals surface area contributed by atoms with Crippen molar-refractivity contribution >= 4 is 29.1 Å². The van der Waals surface area contributed by atoms with Gasteiger partial charge in [-0.3, -0.25) is 4.79 Å². The first-order valence-electron chi connectivity index (χ1n) is 7.71. The Morgan fingerprint density at radius 2 is 1.81 bits per heavy atom. The van der Waals surface area contributed by atoms with Crippen LogP contribution in [-0.4, -0.2) is 17.6 Å². The van der Waals surface area contributed by atoms with E-state index in [4.69, 9.17) is 27.7 Å². The SMILES string of the molecule is Cc1onc(-c2c(Cl)cccc2Cl)c1C(=O)NCC[n+]1ccccc1.[Br-]. The molecule has 0 radical (unpaired) electrons. The van der Waals surface area contributed by atoms with Gasteiger partial charge in [-0.15, -0.1) is 0 Å². The molecule has 0 bridgehead atoms. The van der Waals surface area contributed by atoms with Crippen LogP contribution in [-0.2, 0) is 6.54 Å². The number of nitrogens with one attached hydrogen (secondary N) is 1. The molecule has 1 N–H and O–H groups in total. The minimum atomic E-state index is -0.277. The second-order valence-electron chi connectivity index (χ2n) is 5.43. The lowest BCUT2D eigenvalue weighted by Crippen LogP contribution is -3.00. The van der Waals surface area contributed by atoms with Crippen LogP contribution in [0.3, 0.4) is 0 Å². The van der Waals surface area contributed by atoms with Crippen molar-refractivity contribution in [2.75, 3.05) is 6.54 Å². The summed E-state index contributed by atoms with van der Waals surface area (Å²) >= 11 is 12.5. The summed E-state index contributed by atoms with van der Waals surface area (Å²) in [5, 5.41) is 7.69. The van der Waals surface area contributed by atoms with Crippen LogP contribution < -0.4 is 26.9 Å². The maximum atomic E-state index is 12.6. The predicted octanol–water partition coefficient (Wildman–Crippen LogP) is 0.678. The summed E-state index contributed by atoms with van der Waals surface area (Å²) in [6.45, 7) is 2.80. The first-order chi connectivity index (χ1) is 12.1. The van der Waals surface area contributed by atoms with Crippen LogP contribution in [0.15, 0.2) is 53.3 Å². The normalized spacial score (nSPS) is 10.3. The second kappa shape index (κ2) is 9.16. The molecule has 2 heterocycles. The molecule has 136 valence electrons. The first kappa shape index (κ1) is 20.4. The molecule has 26 heavy (non-hydrogen) atoms. The molecule has 0 aliphatic rings. The summed E-state index contributed by atoms with van der Waals surface area (Å²) < 4.78 is 7.19. The Balaban J connectivity index is 0.00000243. The molecular formula is C18H16BrCl2N3O2. The minimum absolute atomic E-state index is 0. The molecule has 0 aliphatic carbocycles. The smallest absolute Gasteiger partial charge is 0.257 e. The van der Waals surface area contributed by atoms with Crippen molar-refractivity contribution in [3.63, 3.8) is 0 Å². The van der Waals surface area contributed by atoms with E-state index in [2.05, 4.69) is 10.5 Å². The Kier molecular flexibility index (Phi) is 7.20. The lowest BCUT2D eigenvalue weighted by Gasteiger charge is -2.07. The molecule has 1 aromatic carbocycles. The van der Waals surface area contributed by atoms with E-state index < -0.39 is 0 Å². The molecule has 3 rings (SSSR count). The minimum Gasteiger partial charge on any atom is -1.00 e. The highest BCUT2D eigenvalue weighted by Crippen LogP contribution is 2.36. The molecule has 1 amide bonds. The molecule has 0 atom stereocenters. The second-order valence-corrected chi connectivity index (χ2v) is 6.24. The molecule has 8 heteroatoms. The van der Waals surface area contributed by atoms with Gasteiger partial charge in [0, 0.05) is 17.7 Å². The standard InChI is InChI=1S/C18H15Cl2N3O2.BrH/c1-12-15(18(24)21-8-11-23-9-3-2-4-10-23)17(22-25-12)16-13(19)6-5-7-14(16)20;/h2-7,9-10H,8,11H2,1H3;1H. The number of hydrogen-bond acceptors (Lipinski definition) is 3. The number of aromatic nitrogens is 2. The van der Waals surface area contributed by atoms with Crippen LogP contribution in [0.1, 0.15) is 16.1 Å². The van der Waals surface area contributed by atoms with Crippen molar-refractivity contribution in [1.29, 1.82) is 0 Å². The van der Waals surface area contributed by atoms with Gasteiger partial charge in [-0.25, -0.2) is 4.57 Å². The lowest BCUT2D eigenvalue weighted by molar-refractivity contribution is -0.694. The van der Waals surface area contributed by atoms with E-state index >= 15 is 0 Å². The summed E-state index contributed by atoms with van der Waals surface area (Å²) in [7, 11) is 0. The van der Waals surface area contributed by atoms with Crippen molar-refractivity contribution < 1.29 is 30.9 Å². The van der Waals surface area contributed by atoms with E-state index in [-0.39, 0.29) is 22.9 Å². The third-order valence-electron chi connectivity index (χ3n) is 3.72. The van der Waals surface area contributed by atoms with Gasteiger partial charge in [-0.2, -0.15) is 0 Å². The maximum Gasteiger partial charge on any atom is 0.257 e. The van der Waals surface area contributed by atoms with Crippen LogP contribution in [0.5, 0.6) is 0 Å². The van der Waals surface area contributed by atoms with Gasteiger partial charge in [0.1, 0.15) is 17.0 Å². The third kappa shape index (κ3) is 4.44. The van der Waals surface area contributed by atoms with Gasteiger partial charge in [0.25, 0.3) is 5.91 Å². The van der Waals surface area contributed by atoms with Crippen molar-refractivity contribution in [3.8, 4) is 11.3 Å². The zero-order chi connectivity index (χ0) is 17.8. The Morgan fingerprint density at radius 1 is 1.15 bits per heavy atom. The number of carbonyl (C=O) groups excluding carboxylic acids is 1. The van der Waals surface area contributed by atoms with Crippen LogP contribution in [0.4, 0.5) is 0 Å². The Morgan fingerprint density at radius 3 is 2.46 bits per heavy atom. The Labute approximate surface area is 171 Å². The zero-order valence-corrected chi connectivity index (χ0v) is 17.0. The average molecular weight is 457 g/mol. The molecule has 3 aromatic rings. The molecule has 0 spiro atoms. The van der Waals surface area contributed by atoms with Crippen molar-refractivity contribution in [3.05, 3.63) is 70.2 Å². The van der Waals surface area contributed by atoms with Gasteiger partial charge in [-0.05, 0) is 19.1 Å². The van der Waals surface area contributed by atoms with E-state index in [9.17, 15) is 4.79 Å². The number of rotatable bonds is 5. The van der Waals surface area contributed by atoms with Crippen molar-refractivity contribution in [1.82, 2.24) is 10.5 Å². The summed E-state index contributed by atoms with van der Waals surface area (Å²) in [6.07, 6.45) is 3.87. The Hall–Kier alpha value is -1.89.